The first-order valence-corrected chi connectivity index (χ1v) is 6.77. The summed E-state index contributed by atoms with van der Waals surface area (Å²) in [6.45, 7) is 1.80. The second-order valence-electron chi connectivity index (χ2n) is 3.84. The molecule has 0 atom stereocenters. The van der Waals surface area contributed by atoms with Gasteiger partial charge in [0.25, 0.3) is 5.91 Å². The number of halogens is 1. The summed E-state index contributed by atoms with van der Waals surface area (Å²) in [4.78, 5) is 20.3. The highest BCUT2D eigenvalue weighted by atomic mass is 32.2. The van der Waals surface area contributed by atoms with Crippen LogP contribution in [0.25, 0.3) is 0 Å². The lowest BCUT2D eigenvalue weighted by Gasteiger charge is -2.06. The van der Waals surface area contributed by atoms with Crippen LogP contribution in [0, 0.1) is 12.7 Å². The number of aromatic nitrogens is 2. The van der Waals surface area contributed by atoms with Crippen LogP contribution in [0.3, 0.4) is 0 Å². The predicted molar refractivity (Wildman–Crippen MR) is 72.9 cm³/mol. The van der Waals surface area contributed by atoms with Gasteiger partial charge in [0.05, 0.1) is 0 Å². The number of nitrogens with one attached hydrogen (secondary N) is 1. The van der Waals surface area contributed by atoms with Crippen molar-refractivity contribution < 1.29 is 9.18 Å². The first-order valence-electron chi connectivity index (χ1n) is 5.55. The van der Waals surface area contributed by atoms with Gasteiger partial charge in [-0.25, -0.2) is 14.4 Å². The number of benzene rings is 1. The van der Waals surface area contributed by atoms with Crippen molar-refractivity contribution in [2.24, 2.45) is 0 Å². The molecule has 0 fully saturated rings. The number of anilines is 1. The van der Waals surface area contributed by atoms with Crippen LogP contribution < -0.4 is 5.32 Å². The van der Waals surface area contributed by atoms with Crippen molar-refractivity contribution in [2.45, 2.75) is 12.1 Å². The highest BCUT2D eigenvalue weighted by molar-refractivity contribution is 7.98. The number of nitrogens with zero attached hydrogens (tertiary/aromatic N) is 2. The molecular weight excluding hydrogens is 265 g/mol. The van der Waals surface area contributed by atoms with Crippen LogP contribution in [0.4, 0.5) is 10.1 Å². The third-order valence-electron chi connectivity index (χ3n) is 2.35. The van der Waals surface area contributed by atoms with Crippen LogP contribution >= 0.6 is 11.8 Å². The van der Waals surface area contributed by atoms with Gasteiger partial charge in [-0.2, -0.15) is 0 Å². The average Bonchev–Trinajstić information content (AvgIpc) is 2.40. The molecule has 0 spiro atoms. The molecule has 0 aliphatic heterocycles. The standard InChI is InChI=1S/C13H12FN3OS/c1-8-7-11(17-13(15-8)19-2)12(18)16-10-5-3-9(14)4-6-10/h3-7H,1-2H3,(H,16,18). The lowest BCUT2D eigenvalue weighted by Crippen LogP contribution is -2.14. The largest absolute Gasteiger partial charge is 0.321 e. The van der Waals surface area contributed by atoms with Crippen molar-refractivity contribution >= 4 is 23.4 Å². The van der Waals surface area contributed by atoms with Gasteiger partial charge in [0.2, 0.25) is 0 Å². The van der Waals surface area contributed by atoms with Crippen LogP contribution in [0.2, 0.25) is 0 Å². The summed E-state index contributed by atoms with van der Waals surface area (Å²) >= 11 is 1.37. The maximum Gasteiger partial charge on any atom is 0.274 e. The van der Waals surface area contributed by atoms with E-state index in [1.807, 2.05) is 6.26 Å². The number of hydrogen-bond donors (Lipinski definition) is 1. The summed E-state index contributed by atoms with van der Waals surface area (Å²) in [5.74, 6) is -0.687. The van der Waals surface area contributed by atoms with E-state index in [-0.39, 0.29) is 11.7 Å². The van der Waals surface area contributed by atoms with E-state index < -0.39 is 0 Å². The fraction of sp³-hybridized carbons (Fsp3) is 0.154. The quantitative estimate of drug-likeness (QED) is 0.692. The molecule has 1 aromatic heterocycles. The number of carbonyl (C=O) groups is 1. The minimum absolute atomic E-state index is 0.293. The third kappa shape index (κ3) is 3.51. The van der Waals surface area contributed by atoms with E-state index in [0.717, 1.165) is 5.69 Å². The molecule has 0 bridgehead atoms. The summed E-state index contributed by atoms with van der Waals surface area (Å²) in [6.07, 6.45) is 1.84. The summed E-state index contributed by atoms with van der Waals surface area (Å²) in [7, 11) is 0. The maximum atomic E-state index is 12.8. The van der Waals surface area contributed by atoms with Crippen molar-refractivity contribution in [3.63, 3.8) is 0 Å². The Hall–Kier alpha value is -1.95. The molecular formula is C13H12FN3OS. The first kappa shape index (κ1) is 13.5. The van der Waals surface area contributed by atoms with Crippen LogP contribution in [0.5, 0.6) is 0 Å². The normalized spacial score (nSPS) is 10.3. The first-order chi connectivity index (χ1) is 9.08. The lowest BCUT2D eigenvalue weighted by atomic mass is 10.3. The molecule has 1 N–H and O–H groups in total. The average molecular weight is 277 g/mol. The van der Waals surface area contributed by atoms with Crippen molar-refractivity contribution in [1.29, 1.82) is 0 Å². The molecule has 0 unspecified atom stereocenters. The summed E-state index contributed by atoms with van der Waals surface area (Å²) in [5, 5.41) is 3.20. The lowest BCUT2D eigenvalue weighted by molar-refractivity contribution is 0.102. The maximum absolute atomic E-state index is 12.8. The van der Waals surface area contributed by atoms with Crippen LogP contribution in [0.1, 0.15) is 16.2 Å². The van der Waals surface area contributed by atoms with Gasteiger partial charge in [0.1, 0.15) is 11.5 Å². The van der Waals surface area contributed by atoms with Crippen LogP contribution in [-0.2, 0) is 0 Å². The Bertz CT molecular complexity index is 601. The molecule has 0 aliphatic carbocycles. The Morgan fingerprint density at radius 3 is 2.58 bits per heavy atom. The Morgan fingerprint density at radius 2 is 1.95 bits per heavy atom. The third-order valence-corrected chi connectivity index (χ3v) is 2.90. The fourth-order valence-electron chi connectivity index (χ4n) is 1.48. The molecule has 4 nitrogen and oxygen atoms in total. The summed E-state index contributed by atoms with van der Waals surface area (Å²) < 4.78 is 12.8. The van der Waals surface area contributed by atoms with E-state index in [2.05, 4.69) is 15.3 Å². The highest BCUT2D eigenvalue weighted by Crippen LogP contribution is 2.13. The number of rotatable bonds is 3. The molecule has 98 valence electrons. The Balaban J connectivity index is 2.20. The SMILES string of the molecule is CSc1nc(C)cc(C(=O)Nc2ccc(F)cc2)n1. The van der Waals surface area contributed by atoms with E-state index in [9.17, 15) is 9.18 Å². The Morgan fingerprint density at radius 1 is 1.26 bits per heavy atom. The van der Waals surface area contributed by atoms with Gasteiger partial charge >= 0.3 is 0 Å². The zero-order valence-corrected chi connectivity index (χ0v) is 11.3. The van der Waals surface area contributed by atoms with E-state index in [1.165, 1.54) is 36.0 Å². The van der Waals surface area contributed by atoms with Gasteiger partial charge in [-0.1, -0.05) is 11.8 Å². The van der Waals surface area contributed by atoms with Gasteiger partial charge in [0.15, 0.2) is 5.16 Å². The predicted octanol–water partition coefficient (Wildman–Crippen LogP) is 2.90. The van der Waals surface area contributed by atoms with E-state index in [4.69, 9.17) is 0 Å². The zero-order chi connectivity index (χ0) is 13.8. The molecule has 6 heteroatoms. The molecule has 2 aromatic rings. The van der Waals surface area contributed by atoms with Gasteiger partial charge in [-0.3, -0.25) is 4.79 Å². The van der Waals surface area contributed by atoms with Crippen LogP contribution in [-0.4, -0.2) is 22.1 Å². The fourth-order valence-corrected chi connectivity index (χ4v) is 1.90. The van der Waals surface area contributed by atoms with Gasteiger partial charge < -0.3 is 5.32 Å². The molecule has 0 saturated carbocycles. The minimum atomic E-state index is -0.347. The van der Waals surface area contributed by atoms with E-state index >= 15 is 0 Å². The molecule has 2 rings (SSSR count). The molecule has 19 heavy (non-hydrogen) atoms. The molecule has 1 heterocycles. The van der Waals surface area contributed by atoms with Gasteiger partial charge in [-0.05, 0) is 43.5 Å². The molecule has 1 aromatic carbocycles. The molecule has 0 radical (unpaired) electrons. The second kappa shape index (κ2) is 5.79. The van der Waals surface area contributed by atoms with E-state index in [0.29, 0.717) is 16.5 Å². The van der Waals surface area contributed by atoms with Gasteiger partial charge in [0, 0.05) is 11.4 Å². The number of thioether (sulfide) groups is 1. The van der Waals surface area contributed by atoms with Crippen molar-refractivity contribution in [2.75, 3.05) is 11.6 Å². The topological polar surface area (TPSA) is 54.9 Å². The minimum Gasteiger partial charge on any atom is -0.321 e. The van der Waals surface area contributed by atoms with E-state index in [1.54, 1.807) is 13.0 Å². The van der Waals surface area contributed by atoms with Crippen molar-refractivity contribution in [3.05, 3.63) is 47.5 Å². The highest BCUT2D eigenvalue weighted by Gasteiger charge is 2.10. The summed E-state index contributed by atoms with van der Waals surface area (Å²) in [6, 6.07) is 7.18. The second-order valence-corrected chi connectivity index (χ2v) is 4.62. The monoisotopic (exact) mass is 277 g/mol. The van der Waals surface area contributed by atoms with Crippen molar-refractivity contribution in [3.8, 4) is 0 Å². The van der Waals surface area contributed by atoms with Crippen molar-refractivity contribution in [1.82, 2.24) is 9.97 Å². The number of carbonyl (C=O) groups excluding carboxylic acids is 1. The van der Waals surface area contributed by atoms with Gasteiger partial charge in [-0.15, -0.1) is 0 Å². The zero-order valence-electron chi connectivity index (χ0n) is 10.5. The number of hydrogen-bond acceptors (Lipinski definition) is 4. The number of amides is 1. The molecule has 0 saturated heterocycles. The Labute approximate surface area is 114 Å². The summed E-state index contributed by atoms with van der Waals surface area (Å²) in [5.41, 5.74) is 1.54. The Kier molecular flexibility index (Phi) is 4.11. The molecule has 1 amide bonds. The number of aryl methyl sites for hydroxylation is 1. The molecule has 0 aliphatic rings. The smallest absolute Gasteiger partial charge is 0.274 e. The van der Waals surface area contributed by atoms with Crippen LogP contribution in [0.15, 0.2) is 35.5 Å².